The van der Waals surface area contributed by atoms with Gasteiger partial charge in [-0.1, -0.05) is 0 Å². The first-order chi connectivity index (χ1) is 7.75. The highest BCUT2D eigenvalue weighted by Crippen LogP contribution is 2.15. The monoisotopic (exact) mass is 224 g/mol. The Bertz CT molecular complexity index is 333. The molecule has 1 saturated heterocycles. The number of nitrogens with zero attached hydrogens (tertiary/aromatic N) is 1. The Hall–Kier alpha value is -1.56. The Labute approximate surface area is 93.8 Å². The first-order valence-electron chi connectivity index (χ1n) is 5.43. The van der Waals surface area contributed by atoms with Crippen LogP contribution in [-0.2, 0) is 4.74 Å². The molecule has 2 rings (SSSR count). The first-order valence-corrected chi connectivity index (χ1v) is 5.43. The fourth-order valence-electron chi connectivity index (χ4n) is 1.78. The van der Waals surface area contributed by atoms with Gasteiger partial charge < -0.3 is 15.4 Å². The molecule has 1 aromatic rings. The summed E-state index contributed by atoms with van der Waals surface area (Å²) in [6.07, 6.45) is 5.38. The lowest BCUT2D eigenvalue weighted by Crippen LogP contribution is -2.42. The van der Waals surface area contributed by atoms with Crippen molar-refractivity contribution >= 4 is 11.7 Å². The number of aromatic amines is 1. The number of ether oxygens (including phenoxy) is 1. The Morgan fingerprint density at radius 2 is 2.62 bits per heavy atom. The van der Waals surface area contributed by atoms with Crippen molar-refractivity contribution in [3.63, 3.8) is 0 Å². The van der Waals surface area contributed by atoms with Crippen molar-refractivity contribution in [2.24, 2.45) is 0 Å². The molecule has 1 aliphatic heterocycles. The zero-order valence-electron chi connectivity index (χ0n) is 9.19. The topological polar surface area (TPSA) is 79.0 Å². The quantitative estimate of drug-likeness (QED) is 0.719. The van der Waals surface area contributed by atoms with E-state index in [-0.39, 0.29) is 18.2 Å². The highest BCUT2D eigenvalue weighted by molar-refractivity contribution is 5.89. The maximum atomic E-state index is 11.6. The summed E-state index contributed by atoms with van der Waals surface area (Å²) < 4.78 is 5.49. The van der Waals surface area contributed by atoms with Crippen molar-refractivity contribution < 1.29 is 9.53 Å². The summed E-state index contributed by atoms with van der Waals surface area (Å²) in [5, 5.41) is 11.9. The minimum absolute atomic E-state index is 0.0226. The molecule has 0 radical (unpaired) electrons. The average Bonchev–Trinajstić information content (AvgIpc) is 2.88. The molecule has 88 valence electrons. The average molecular weight is 224 g/mol. The molecule has 0 aliphatic carbocycles. The van der Waals surface area contributed by atoms with Crippen molar-refractivity contribution in [2.45, 2.75) is 31.9 Å². The number of amides is 2. The number of carbonyl (C=O) groups excluding carboxylic acids is 1. The predicted molar refractivity (Wildman–Crippen MR) is 59.2 cm³/mol. The summed E-state index contributed by atoms with van der Waals surface area (Å²) in [6, 6.07) is -0.209. The van der Waals surface area contributed by atoms with Crippen LogP contribution >= 0.6 is 0 Å². The van der Waals surface area contributed by atoms with Crippen LogP contribution in [-0.4, -0.2) is 35.0 Å². The van der Waals surface area contributed by atoms with Gasteiger partial charge in [-0.25, -0.2) is 4.79 Å². The zero-order chi connectivity index (χ0) is 11.4. The number of nitrogens with one attached hydrogen (secondary N) is 3. The van der Waals surface area contributed by atoms with E-state index < -0.39 is 0 Å². The third kappa shape index (κ3) is 2.73. The zero-order valence-corrected chi connectivity index (χ0v) is 9.19. The first kappa shape index (κ1) is 10.9. The van der Waals surface area contributed by atoms with Gasteiger partial charge in [-0.3, -0.25) is 5.10 Å². The molecule has 1 aliphatic rings. The van der Waals surface area contributed by atoms with Gasteiger partial charge in [0.15, 0.2) is 0 Å². The van der Waals surface area contributed by atoms with Gasteiger partial charge in [-0.05, 0) is 19.8 Å². The number of anilines is 1. The number of hydrogen-bond donors (Lipinski definition) is 3. The number of carbonyl (C=O) groups is 1. The molecule has 0 unspecified atom stereocenters. The van der Waals surface area contributed by atoms with Crippen molar-refractivity contribution in [1.82, 2.24) is 15.5 Å². The van der Waals surface area contributed by atoms with Gasteiger partial charge >= 0.3 is 6.03 Å². The van der Waals surface area contributed by atoms with Crippen LogP contribution in [0.2, 0.25) is 0 Å². The molecule has 1 fully saturated rings. The van der Waals surface area contributed by atoms with Crippen molar-refractivity contribution in [2.75, 3.05) is 11.9 Å². The lowest BCUT2D eigenvalue weighted by molar-refractivity contribution is 0.0868. The summed E-state index contributed by atoms with van der Waals surface area (Å²) in [5.41, 5.74) is 0.650. The van der Waals surface area contributed by atoms with Crippen LogP contribution in [0.4, 0.5) is 10.5 Å². The second-order valence-electron chi connectivity index (χ2n) is 3.93. The minimum Gasteiger partial charge on any atom is -0.376 e. The number of rotatable bonds is 3. The van der Waals surface area contributed by atoms with E-state index in [1.165, 1.54) is 0 Å². The Morgan fingerprint density at radius 1 is 1.75 bits per heavy atom. The SMILES string of the molecule is C[C@@H](NC(=O)Nc1cn[nH]c1)[C@@H]1CCCO1. The Balaban J connectivity index is 1.78. The highest BCUT2D eigenvalue weighted by atomic mass is 16.5. The number of urea groups is 1. The Kier molecular flexibility index (Phi) is 3.40. The number of hydrogen-bond acceptors (Lipinski definition) is 3. The van der Waals surface area contributed by atoms with Gasteiger partial charge in [0.1, 0.15) is 0 Å². The molecule has 6 heteroatoms. The molecule has 2 heterocycles. The van der Waals surface area contributed by atoms with E-state index in [0.717, 1.165) is 19.4 Å². The molecule has 0 saturated carbocycles. The normalized spacial score (nSPS) is 21.7. The highest BCUT2D eigenvalue weighted by Gasteiger charge is 2.23. The molecule has 2 atom stereocenters. The fraction of sp³-hybridized carbons (Fsp3) is 0.600. The lowest BCUT2D eigenvalue weighted by Gasteiger charge is -2.19. The summed E-state index contributed by atoms with van der Waals surface area (Å²) in [5.74, 6) is 0. The van der Waals surface area contributed by atoms with Crippen molar-refractivity contribution in [1.29, 1.82) is 0 Å². The van der Waals surface area contributed by atoms with Crippen LogP contribution in [0, 0.1) is 0 Å². The van der Waals surface area contributed by atoms with E-state index in [4.69, 9.17) is 4.74 Å². The van der Waals surface area contributed by atoms with Crippen LogP contribution < -0.4 is 10.6 Å². The summed E-state index contributed by atoms with van der Waals surface area (Å²) in [4.78, 5) is 11.6. The van der Waals surface area contributed by atoms with E-state index in [1.807, 2.05) is 6.92 Å². The summed E-state index contributed by atoms with van der Waals surface area (Å²) >= 11 is 0. The molecule has 1 aromatic heterocycles. The summed E-state index contributed by atoms with van der Waals surface area (Å²) in [7, 11) is 0. The van der Waals surface area contributed by atoms with Gasteiger partial charge in [-0.15, -0.1) is 0 Å². The van der Waals surface area contributed by atoms with Crippen LogP contribution in [0.25, 0.3) is 0 Å². The largest absolute Gasteiger partial charge is 0.376 e. The Morgan fingerprint density at radius 3 is 3.25 bits per heavy atom. The van der Waals surface area contributed by atoms with E-state index in [9.17, 15) is 4.79 Å². The lowest BCUT2D eigenvalue weighted by atomic mass is 10.1. The molecule has 16 heavy (non-hydrogen) atoms. The fourth-order valence-corrected chi connectivity index (χ4v) is 1.78. The molecule has 0 aromatic carbocycles. The predicted octanol–water partition coefficient (Wildman–Crippen LogP) is 1.10. The van der Waals surface area contributed by atoms with E-state index in [2.05, 4.69) is 20.8 Å². The standard InChI is InChI=1S/C10H16N4O2/c1-7(9-3-2-4-16-9)13-10(15)14-8-5-11-12-6-8/h5-7,9H,2-4H2,1H3,(H,11,12)(H2,13,14,15)/t7-,9+/m1/s1. The summed E-state index contributed by atoms with van der Waals surface area (Å²) in [6.45, 7) is 2.74. The molecule has 0 spiro atoms. The second-order valence-corrected chi connectivity index (χ2v) is 3.93. The second kappa shape index (κ2) is 4.98. The molecular formula is C10H16N4O2. The van der Waals surface area contributed by atoms with E-state index in [1.54, 1.807) is 12.4 Å². The van der Waals surface area contributed by atoms with Crippen LogP contribution in [0.1, 0.15) is 19.8 Å². The van der Waals surface area contributed by atoms with E-state index >= 15 is 0 Å². The van der Waals surface area contributed by atoms with Gasteiger partial charge in [0.05, 0.1) is 24.0 Å². The maximum absolute atomic E-state index is 11.6. The molecule has 3 N–H and O–H groups in total. The minimum atomic E-state index is -0.232. The van der Waals surface area contributed by atoms with Gasteiger partial charge in [0.25, 0.3) is 0 Å². The van der Waals surface area contributed by atoms with Crippen molar-refractivity contribution in [3.05, 3.63) is 12.4 Å². The maximum Gasteiger partial charge on any atom is 0.319 e. The molecule has 2 amide bonds. The number of aromatic nitrogens is 2. The van der Waals surface area contributed by atoms with Crippen LogP contribution in [0.5, 0.6) is 0 Å². The molecular weight excluding hydrogens is 208 g/mol. The number of H-pyrrole nitrogens is 1. The van der Waals surface area contributed by atoms with E-state index in [0.29, 0.717) is 5.69 Å². The van der Waals surface area contributed by atoms with Crippen LogP contribution in [0.15, 0.2) is 12.4 Å². The van der Waals surface area contributed by atoms with Gasteiger partial charge in [0, 0.05) is 12.8 Å². The van der Waals surface area contributed by atoms with Gasteiger partial charge in [0.2, 0.25) is 0 Å². The molecule has 6 nitrogen and oxygen atoms in total. The van der Waals surface area contributed by atoms with Crippen molar-refractivity contribution in [3.8, 4) is 0 Å². The third-order valence-corrected chi connectivity index (χ3v) is 2.64. The smallest absolute Gasteiger partial charge is 0.319 e. The third-order valence-electron chi connectivity index (χ3n) is 2.64. The molecule has 0 bridgehead atoms. The van der Waals surface area contributed by atoms with Gasteiger partial charge in [-0.2, -0.15) is 5.10 Å². The van der Waals surface area contributed by atoms with Crippen LogP contribution in [0.3, 0.4) is 0 Å².